The van der Waals surface area contributed by atoms with Gasteiger partial charge in [-0.25, -0.2) is 9.97 Å². The molecule has 3 aliphatic carbocycles. The Balaban J connectivity index is 0.000000215. The Morgan fingerprint density at radius 3 is 1.67 bits per heavy atom. The molecule has 57 heavy (non-hydrogen) atoms. The van der Waals surface area contributed by atoms with Crippen LogP contribution >= 0.6 is 11.6 Å². The van der Waals surface area contributed by atoms with Crippen molar-refractivity contribution in [3.63, 3.8) is 0 Å². The van der Waals surface area contributed by atoms with E-state index in [9.17, 15) is 24.6 Å². The zero-order chi connectivity index (χ0) is 41.3. The molecule has 6 rings (SSSR count). The van der Waals surface area contributed by atoms with Gasteiger partial charge in [-0.05, 0) is 151 Å². The lowest BCUT2D eigenvalue weighted by atomic mass is 9.79. The summed E-state index contributed by atoms with van der Waals surface area (Å²) >= 11 is 5.90. The van der Waals surface area contributed by atoms with Gasteiger partial charge in [0.15, 0.2) is 5.65 Å². The minimum Gasteiger partial charge on any atom is -0.490 e. The van der Waals surface area contributed by atoms with Gasteiger partial charge in [-0.2, -0.15) is 0 Å². The average Bonchev–Trinajstić information content (AvgIpc) is 3.22. The van der Waals surface area contributed by atoms with Crippen LogP contribution in [0.2, 0.25) is 5.02 Å². The van der Waals surface area contributed by atoms with Crippen molar-refractivity contribution < 1.29 is 38.8 Å². The summed E-state index contributed by atoms with van der Waals surface area (Å²) in [5.41, 5.74) is 1.48. The van der Waals surface area contributed by atoms with Crippen LogP contribution in [0.3, 0.4) is 0 Å². The predicted molar refractivity (Wildman–Crippen MR) is 223 cm³/mol. The predicted octanol–water partition coefficient (Wildman–Crippen LogP) is 8.97. The van der Waals surface area contributed by atoms with E-state index in [2.05, 4.69) is 15.3 Å². The second-order valence-electron chi connectivity index (χ2n) is 15.8. The molecule has 11 nitrogen and oxygen atoms in total. The molecule has 2 aromatic heterocycles. The van der Waals surface area contributed by atoms with E-state index in [0.717, 1.165) is 93.9 Å². The number of carbonyl (C=O) groups excluding carboxylic acids is 3. The number of ether oxygens (including phenoxy) is 3. The number of aromatic nitrogens is 2. The van der Waals surface area contributed by atoms with E-state index < -0.39 is 0 Å². The first-order valence-electron chi connectivity index (χ1n) is 21.0. The molecular weight excluding hydrogens is 746 g/mol. The maximum absolute atomic E-state index is 12.6. The van der Waals surface area contributed by atoms with Crippen molar-refractivity contribution >= 4 is 46.2 Å². The SMILES string of the molecule is CC(C(=O)Nc1ccc(Cl)cc1)C1CCC(Oc2ccnc3ncccc23)CC1.CCOC(=O)C(C)C1CCC(O)CC1.CCOC(=O)C(C)C1CCC(O)CC1. The Morgan fingerprint density at radius 1 is 0.684 bits per heavy atom. The minimum absolute atomic E-state index is 0.0116. The Labute approximate surface area is 343 Å². The first kappa shape index (κ1) is 45.9. The summed E-state index contributed by atoms with van der Waals surface area (Å²) in [6, 6.07) is 13.0. The Morgan fingerprint density at radius 2 is 1.16 bits per heavy atom. The number of hydrogen-bond donors (Lipinski definition) is 3. The van der Waals surface area contributed by atoms with E-state index in [1.807, 2.05) is 65.0 Å². The molecule has 3 aliphatic rings. The smallest absolute Gasteiger partial charge is 0.308 e. The molecule has 12 heteroatoms. The normalized spacial score (nSPS) is 24.8. The number of amides is 1. The lowest BCUT2D eigenvalue weighted by molar-refractivity contribution is -0.150. The van der Waals surface area contributed by atoms with Crippen molar-refractivity contribution in [3.05, 3.63) is 59.9 Å². The molecule has 0 spiro atoms. The van der Waals surface area contributed by atoms with E-state index in [1.165, 1.54) is 0 Å². The maximum atomic E-state index is 12.6. The van der Waals surface area contributed by atoms with Gasteiger partial charge in [0, 0.05) is 29.0 Å². The Hall–Kier alpha value is -3.80. The van der Waals surface area contributed by atoms with Crippen molar-refractivity contribution in [2.45, 2.75) is 130 Å². The third-order valence-electron chi connectivity index (χ3n) is 11.9. The quantitative estimate of drug-likeness (QED) is 0.160. The zero-order valence-electron chi connectivity index (χ0n) is 34.4. The summed E-state index contributed by atoms with van der Waals surface area (Å²) < 4.78 is 16.2. The van der Waals surface area contributed by atoms with Crippen LogP contribution in [-0.2, 0) is 23.9 Å². The highest BCUT2D eigenvalue weighted by Gasteiger charge is 2.32. The lowest BCUT2D eigenvalue weighted by Crippen LogP contribution is -2.32. The van der Waals surface area contributed by atoms with Crippen molar-refractivity contribution in [1.82, 2.24) is 9.97 Å². The molecule has 3 aromatic rings. The molecule has 3 N–H and O–H groups in total. The average molecular weight is 810 g/mol. The highest BCUT2D eigenvalue weighted by atomic mass is 35.5. The summed E-state index contributed by atoms with van der Waals surface area (Å²) in [4.78, 5) is 44.1. The van der Waals surface area contributed by atoms with Crippen LogP contribution in [0, 0.1) is 35.5 Å². The molecule has 1 aromatic carbocycles. The number of fused-ring (bicyclic) bond motifs is 1. The third kappa shape index (κ3) is 14.5. The van der Waals surface area contributed by atoms with Crippen LogP contribution in [0.5, 0.6) is 5.75 Å². The van der Waals surface area contributed by atoms with Gasteiger partial charge in [0.1, 0.15) is 5.75 Å². The molecule has 3 saturated carbocycles. The summed E-state index contributed by atoms with van der Waals surface area (Å²) in [6.45, 7) is 10.4. The van der Waals surface area contributed by atoms with Crippen molar-refractivity contribution in [2.24, 2.45) is 35.5 Å². The molecule has 0 radical (unpaired) electrons. The van der Waals surface area contributed by atoms with Crippen LogP contribution in [0.1, 0.15) is 112 Å². The summed E-state index contributed by atoms with van der Waals surface area (Å²) in [7, 11) is 0. The second kappa shape index (κ2) is 23.6. The number of nitrogens with zero attached hydrogens (tertiary/aromatic N) is 2. The third-order valence-corrected chi connectivity index (χ3v) is 12.2. The van der Waals surface area contributed by atoms with Gasteiger partial charge in [-0.15, -0.1) is 0 Å². The molecular formula is C45H64ClN3O8. The second-order valence-corrected chi connectivity index (χ2v) is 16.3. The molecule has 2 heterocycles. The van der Waals surface area contributed by atoms with Crippen LogP contribution in [0.4, 0.5) is 5.69 Å². The van der Waals surface area contributed by atoms with Gasteiger partial charge in [0.25, 0.3) is 0 Å². The van der Waals surface area contributed by atoms with Gasteiger partial charge in [0.05, 0.1) is 48.7 Å². The number of aliphatic hydroxyl groups excluding tert-OH is 2. The van der Waals surface area contributed by atoms with Gasteiger partial charge in [0.2, 0.25) is 5.91 Å². The largest absolute Gasteiger partial charge is 0.490 e. The summed E-state index contributed by atoms with van der Waals surface area (Å²) in [5, 5.41) is 23.3. The molecule has 0 bridgehead atoms. The number of hydrogen-bond acceptors (Lipinski definition) is 10. The van der Waals surface area contributed by atoms with Crippen LogP contribution < -0.4 is 10.1 Å². The number of benzene rings is 1. The zero-order valence-corrected chi connectivity index (χ0v) is 35.2. The van der Waals surface area contributed by atoms with E-state index in [4.69, 9.17) is 25.8 Å². The van der Waals surface area contributed by atoms with Crippen LogP contribution in [-0.4, -0.2) is 69.6 Å². The number of rotatable bonds is 11. The van der Waals surface area contributed by atoms with Gasteiger partial charge >= 0.3 is 11.9 Å². The Bertz CT molecular complexity index is 1620. The fourth-order valence-corrected chi connectivity index (χ4v) is 8.21. The van der Waals surface area contributed by atoms with Gasteiger partial charge in [-0.1, -0.05) is 32.4 Å². The fraction of sp³-hybridized carbons (Fsp3) is 0.622. The number of pyridine rings is 2. The van der Waals surface area contributed by atoms with Crippen molar-refractivity contribution in [1.29, 1.82) is 0 Å². The number of esters is 2. The number of carbonyl (C=O) groups is 3. The molecule has 3 fully saturated rings. The highest BCUT2D eigenvalue weighted by Crippen LogP contribution is 2.35. The van der Waals surface area contributed by atoms with Crippen molar-refractivity contribution in [3.8, 4) is 5.75 Å². The van der Waals surface area contributed by atoms with E-state index in [-0.39, 0.29) is 53.9 Å². The van der Waals surface area contributed by atoms with Crippen molar-refractivity contribution in [2.75, 3.05) is 18.5 Å². The minimum atomic E-state index is -0.152. The number of halogens is 1. The monoisotopic (exact) mass is 809 g/mol. The molecule has 1 amide bonds. The first-order chi connectivity index (χ1) is 27.4. The lowest BCUT2D eigenvalue weighted by Gasteiger charge is -2.32. The highest BCUT2D eigenvalue weighted by molar-refractivity contribution is 6.30. The Kier molecular flexibility index (Phi) is 19.0. The molecule has 3 unspecified atom stereocenters. The molecule has 0 saturated heterocycles. The van der Waals surface area contributed by atoms with Gasteiger partial charge < -0.3 is 29.7 Å². The van der Waals surface area contributed by atoms with E-state index in [0.29, 0.717) is 41.6 Å². The number of nitrogens with one attached hydrogen (secondary N) is 1. The summed E-state index contributed by atoms with van der Waals surface area (Å²) in [5.74, 6) is 1.81. The first-order valence-corrected chi connectivity index (χ1v) is 21.4. The van der Waals surface area contributed by atoms with Crippen LogP contribution in [0.15, 0.2) is 54.9 Å². The van der Waals surface area contributed by atoms with E-state index in [1.54, 1.807) is 24.5 Å². The molecule has 0 aliphatic heterocycles. The van der Waals surface area contributed by atoms with E-state index >= 15 is 0 Å². The number of anilines is 1. The summed E-state index contributed by atoms with van der Waals surface area (Å²) in [6.07, 6.45) is 14.2. The molecule has 314 valence electrons. The number of aliphatic hydroxyl groups is 2. The maximum Gasteiger partial charge on any atom is 0.308 e. The van der Waals surface area contributed by atoms with Gasteiger partial charge in [-0.3, -0.25) is 14.4 Å². The topological polar surface area (TPSA) is 157 Å². The standard InChI is InChI=1S/C23H24ClN3O2.2C11H20O3/c1-15(23(28)27-18-8-6-17(24)7-9-18)16-4-10-19(11-5-16)29-21-12-14-26-22-20(21)3-2-13-25-22;2*1-3-14-11(13)8(2)9-4-6-10(12)7-5-9/h2-3,6-9,12-16,19H,4-5,10-11H2,1H3,(H,27,28);2*8-10,12H,3-7H2,1-2H3. The molecule has 3 atom stereocenters. The fourth-order valence-electron chi connectivity index (χ4n) is 8.09. The van der Waals surface area contributed by atoms with Crippen LogP contribution in [0.25, 0.3) is 11.0 Å².